The molecule has 1 aromatic heterocycles. The summed E-state index contributed by atoms with van der Waals surface area (Å²) >= 11 is 13.2. The maximum Gasteiger partial charge on any atom is 0.261 e. The topological polar surface area (TPSA) is 76.0 Å². The van der Waals surface area contributed by atoms with Gasteiger partial charge < -0.3 is 10.6 Å². The molecule has 2 aliphatic rings. The van der Waals surface area contributed by atoms with Crippen molar-refractivity contribution < 1.29 is 9.59 Å². The summed E-state index contributed by atoms with van der Waals surface area (Å²) in [5, 5.41) is 11.6. The van der Waals surface area contributed by atoms with E-state index in [9.17, 15) is 9.59 Å². The van der Waals surface area contributed by atoms with Gasteiger partial charge in [-0.2, -0.15) is 5.10 Å². The van der Waals surface area contributed by atoms with Crippen molar-refractivity contribution in [1.29, 1.82) is 0 Å². The Balaban J connectivity index is 1.65. The second kappa shape index (κ2) is 8.04. The van der Waals surface area contributed by atoms with Gasteiger partial charge in [0.15, 0.2) is 5.78 Å². The number of carbonyl (C=O) groups excluding carboxylic acids is 2. The van der Waals surface area contributed by atoms with Crippen LogP contribution >= 0.6 is 23.2 Å². The number of nitrogens with one attached hydrogen (secondary N) is 2. The first-order chi connectivity index (χ1) is 15.7. The summed E-state index contributed by atoms with van der Waals surface area (Å²) in [7, 11) is 0. The second-order valence-corrected chi connectivity index (χ2v) is 9.98. The van der Waals surface area contributed by atoms with Gasteiger partial charge in [0.05, 0.1) is 6.20 Å². The van der Waals surface area contributed by atoms with Crippen LogP contribution in [0.1, 0.15) is 48.7 Å². The van der Waals surface area contributed by atoms with E-state index < -0.39 is 6.04 Å². The van der Waals surface area contributed by atoms with Crippen molar-refractivity contribution in [3.05, 3.63) is 87.2 Å². The number of hydrogen-bond donors (Lipinski definition) is 2. The number of carbonyl (C=O) groups is 2. The molecule has 5 rings (SSSR count). The van der Waals surface area contributed by atoms with E-state index in [-0.39, 0.29) is 17.1 Å². The molecule has 0 saturated heterocycles. The van der Waals surface area contributed by atoms with Gasteiger partial charge in [0, 0.05) is 39.0 Å². The van der Waals surface area contributed by atoms with Gasteiger partial charge in [-0.3, -0.25) is 9.59 Å². The van der Waals surface area contributed by atoms with E-state index in [2.05, 4.69) is 29.6 Å². The van der Waals surface area contributed by atoms with E-state index in [0.29, 0.717) is 51.1 Å². The Kier molecular flexibility index (Phi) is 5.30. The van der Waals surface area contributed by atoms with Gasteiger partial charge in [-0.1, -0.05) is 61.3 Å². The molecule has 2 aromatic carbocycles. The number of allylic oxidation sites excluding steroid dienone is 2. The molecule has 0 bridgehead atoms. The molecule has 1 atom stereocenters. The molecule has 33 heavy (non-hydrogen) atoms. The summed E-state index contributed by atoms with van der Waals surface area (Å²) in [6.07, 6.45) is 2.56. The highest BCUT2D eigenvalue weighted by atomic mass is 35.5. The van der Waals surface area contributed by atoms with Crippen molar-refractivity contribution in [3.63, 3.8) is 0 Å². The summed E-state index contributed by atoms with van der Waals surface area (Å²) in [4.78, 5) is 26.5. The summed E-state index contributed by atoms with van der Waals surface area (Å²) in [6, 6.07) is 13.8. The van der Waals surface area contributed by atoms with E-state index in [1.807, 2.05) is 30.3 Å². The maximum atomic E-state index is 13.3. The van der Waals surface area contributed by atoms with Crippen LogP contribution in [-0.4, -0.2) is 21.5 Å². The van der Waals surface area contributed by atoms with Crippen molar-refractivity contribution in [2.24, 2.45) is 5.41 Å². The second-order valence-electron chi connectivity index (χ2n) is 9.17. The van der Waals surface area contributed by atoms with Crippen LogP contribution < -0.4 is 10.6 Å². The number of aromatic nitrogens is 2. The third-order valence-electron chi connectivity index (χ3n) is 6.05. The number of hydrogen-bond acceptors (Lipinski definition) is 4. The fourth-order valence-corrected chi connectivity index (χ4v) is 5.24. The fourth-order valence-electron chi connectivity index (χ4n) is 4.64. The zero-order valence-electron chi connectivity index (χ0n) is 18.2. The van der Waals surface area contributed by atoms with E-state index in [1.165, 1.54) is 6.20 Å². The third kappa shape index (κ3) is 3.83. The molecule has 1 amide bonds. The number of halogens is 2. The minimum Gasteiger partial charge on any atom is -0.343 e. The number of para-hydroxylation sites is 1. The van der Waals surface area contributed by atoms with Crippen LogP contribution in [0, 0.1) is 5.41 Å². The zero-order chi connectivity index (χ0) is 23.3. The molecule has 3 aromatic rings. The standard InChI is InChI=1S/C25H22Cl2N4O2/c1-25(2)11-18-21(19(32)12-25)22(20-16(26)9-6-10-17(20)27)31-23(30-18)15(13-28-31)24(33)29-14-7-4-3-5-8-14/h3-10,13,22,30H,11-12H2,1-2H3,(H,29,33)/t22-/m0/s1. The van der Waals surface area contributed by atoms with Crippen molar-refractivity contribution in [2.45, 2.75) is 32.7 Å². The van der Waals surface area contributed by atoms with Crippen LogP contribution in [0.2, 0.25) is 10.0 Å². The molecule has 0 radical (unpaired) electrons. The molecule has 168 valence electrons. The minimum absolute atomic E-state index is 0.0196. The lowest BCUT2D eigenvalue weighted by Crippen LogP contribution is -2.37. The lowest BCUT2D eigenvalue weighted by Gasteiger charge is -2.39. The Morgan fingerprint density at radius 3 is 2.48 bits per heavy atom. The Bertz CT molecular complexity index is 1290. The third-order valence-corrected chi connectivity index (χ3v) is 6.71. The molecule has 1 aliphatic heterocycles. The molecule has 0 fully saturated rings. The largest absolute Gasteiger partial charge is 0.343 e. The smallest absolute Gasteiger partial charge is 0.261 e. The predicted octanol–water partition coefficient (Wildman–Crippen LogP) is 6.10. The van der Waals surface area contributed by atoms with Gasteiger partial charge in [0.25, 0.3) is 5.91 Å². The zero-order valence-corrected chi connectivity index (χ0v) is 19.7. The first-order valence-corrected chi connectivity index (χ1v) is 11.4. The summed E-state index contributed by atoms with van der Waals surface area (Å²) in [5.41, 5.74) is 2.80. The molecule has 6 nitrogen and oxygen atoms in total. The van der Waals surface area contributed by atoms with Gasteiger partial charge in [0.1, 0.15) is 17.4 Å². The summed E-state index contributed by atoms with van der Waals surface area (Å²) < 4.78 is 1.64. The minimum atomic E-state index is -0.626. The molecule has 0 spiro atoms. The van der Waals surface area contributed by atoms with Gasteiger partial charge in [-0.15, -0.1) is 0 Å². The van der Waals surface area contributed by atoms with Crippen LogP contribution in [0.5, 0.6) is 0 Å². The first-order valence-electron chi connectivity index (χ1n) is 10.7. The van der Waals surface area contributed by atoms with Gasteiger partial charge >= 0.3 is 0 Å². The average molecular weight is 481 g/mol. The molecule has 1 aliphatic carbocycles. The highest BCUT2D eigenvalue weighted by molar-refractivity contribution is 6.36. The maximum absolute atomic E-state index is 13.3. The summed E-state index contributed by atoms with van der Waals surface area (Å²) in [6.45, 7) is 4.12. The average Bonchev–Trinajstić information content (AvgIpc) is 3.16. The van der Waals surface area contributed by atoms with Crippen molar-refractivity contribution in [2.75, 3.05) is 10.6 Å². The number of anilines is 2. The molecular formula is C25H22Cl2N4O2. The highest BCUT2D eigenvalue weighted by Gasteiger charge is 2.43. The molecule has 0 saturated carbocycles. The van der Waals surface area contributed by atoms with Gasteiger partial charge in [-0.25, -0.2) is 4.68 Å². The Hall–Kier alpha value is -3.09. The van der Waals surface area contributed by atoms with Crippen LogP contribution in [0.15, 0.2) is 66.0 Å². The van der Waals surface area contributed by atoms with Gasteiger partial charge in [-0.05, 0) is 36.1 Å². The number of fused-ring (bicyclic) bond motifs is 1. The van der Waals surface area contributed by atoms with E-state index in [1.54, 1.807) is 22.9 Å². The molecule has 2 heterocycles. The predicted molar refractivity (Wildman–Crippen MR) is 130 cm³/mol. The fraction of sp³-hybridized carbons (Fsp3) is 0.240. The number of benzene rings is 2. The van der Waals surface area contributed by atoms with Crippen LogP contribution in [-0.2, 0) is 4.79 Å². The highest BCUT2D eigenvalue weighted by Crippen LogP contribution is 2.48. The molecule has 8 heteroatoms. The normalized spacial score (nSPS) is 18.9. The lowest BCUT2D eigenvalue weighted by atomic mass is 9.73. The van der Waals surface area contributed by atoms with Crippen LogP contribution in [0.3, 0.4) is 0 Å². The first kappa shape index (κ1) is 21.7. The Morgan fingerprint density at radius 1 is 1.09 bits per heavy atom. The Morgan fingerprint density at radius 2 is 1.79 bits per heavy atom. The number of ketones is 1. The Labute approximate surface area is 201 Å². The van der Waals surface area contributed by atoms with E-state index in [0.717, 1.165) is 5.70 Å². The molecule has 2 N–H and O–H groups in total. The number of amides is 1. The van der Waals surface area contributed by atoms with E-state index in [4.69, 9.17) is 23.2 Å². The lowest BCUT2D eigenvalue weighted by molar-refractivity contribution is -0.118. The van der Waals surface area contributed by atoms with Crippen molar-refractivity contribution in [3.8, 4) is 0 Å². The summed E-state index contributed by atoms with van der Waals surface area (Å²) in [5.74, 6) is 0.226. The molecular weight excluding hydrogens is 459 g/mol. The van der Waals surface area contributed by atoms with Crippen LogP contribution in [0.4, 0.5) is 11.5 Å². The van der Waals surface area contributed by atoms with Gasteiger partial charge in [0.2, 0.25) is 0 Å². The monoisotopic (exact) mass is 480 g/mol. The number of rotatable bonds is 3. The van der Waals surface area contributed by atoms with Crippen molar-refractivity contribution in [1.82, 2.24) is 9.78 Å². The SMILES string of the molecule is CC1(C)CC(=O)C2=C(C1)Nc1c(C(=O)Nc3ccccc3)cnn1[C@H]2c1c(Cl)cccc1Cl. The number of nitrogens with zero attached hydrogens (tertiary/aromatic N) is 2. The van der Waals surface area contributed by atoms with Crippen molar-refractivity contribution >= 4 is 46.4 Å². The van der Waals surface area contributed by atoms with Crippen LogP contribution in [0.25, 0.3) is 0 Å². The quantitative estimate of drug-likeness (QED) is 0.474. The molecule has 0 unspecified atom stereocenters. The number of Topliss-reactive ketones (excluding diaryl/α,β-unsaturated/α-hetero) is 1. The van der Waals surface area contributed by atoms with E-state index >= 15 is 0 Å².